The summed E-state index contributed by atoms with van der Waals surface area (Å²) < 4.78 is 67.7. The van der Waals surface area contributed by atoms with Crippen LogP contribution in [-0.2, 0) is 6.18 Å². The van der Waals surface area contributed by atoms with E-state index in [0.717, 1.165) is 29.7 Å². The minimum atomic E-state index is -4.72. The Bertz CT molecular complexity index is 856. The molecule has 132 valence electrons. The highest BCUT2D eigenvalue weighted by molar-refractivity contribution is 5.95. The van der Waals surface area contributed by atoms with Crippen molar-refractivity contribution in [2.24, 2.45) is 5.92 Å². The molecule has 4 nitrogen and oxygen atoms in total. The molecule has 1 saturated carbocycles. The molecule has 0 unspecified atom stereocenters. The van der Waals surface area contributed by atoms with Gasteiger partial charge in [-0.2, -0.15) is 13.2 Å². The number of halogens is 5. The molecule has 9 heteroatoms. The molecule has 2 atom stereocenters. The van der Waals surface area contributed by atoms with Crippen LogP contribution in [0.1, 0.15) is 59.0 Å². The van der Waals surface area contributed by atoms with E-state index in [-0.39, 0.29) is 35.3 Å². The molecule has 1 aromatic heterocycles. The Kier molecular flexibility index (Phi) is 3.45. The van der Waals surface area contributed by atoms with E-state index in [1.807, 2.05) is 0 Å². The van der Waals surface area contributed by atoms with Gasteiger partial charge in [-0.1, -0.05) is 0 Å². The maximum atomic E-state index is 14.2. The van der Waals surface area contributed by atoms with E-state index in [1.165, 1.54) is 0 Å². The third kappa shape index (κ3) is 2.81. The molecule has 1 aliphatic carbocycles. The number of benzene rings is 1. The average molecular weight is 357 g/mol. The lowest BCUT2D eigenvalue weighted by atomic mass is 10.0. The van der Waals surface area contributed by atoms with E-state index in [9.17, 15) is 26.7 Å². The zero-order valence-electron chi connectivity index (χ0n) is 12.7. The summed E-state index contributed by atoms with van der Waals surface area (Å²) in [6, 6.07) is 1.15. The fraction of sp³-hybridized carbons (Fsp3) is 0.438. The van der Waals surface area contributed by atoms with Crippen LogP contribution in [-0.4, -0.2) is 20.5 Å². The van der Waals surface area contributed by atoms with Crippen LogP contribution in [0.4, 0.5) is 22.0 Å². The lowest BCUT2D eigenvalue weighted by Crippen LogP contribution is -2.13. The topological polar surface area (TPSA) is 47.8 Å². The van der Waals surface area contributed by atoms with Gasteiger partial charge in [0.25, 0.3) is 0 Å². The number of hydrogen-bond acceptors (Lipinski definition) is 3. The lowest BCUT2D eigenvalue weighted by molar-refractivity contribution is -0.137. The largest absolute Gasteiger partial charge is 0.416 e. The van der Waals surface area contributed by atoms with Crippen LogP contribution >= 0.6 is 0 Å². The van der Waals surface area contributed by atoms with Crippen molar-refractivity contribution >= 4 is 5.78 Å². The SMILES string of the molecule is O=C(c1nc2n(n1)[C@H](c1cc(F)cc(C(F)(F)F)c1)C[C@@H]2F)C1CC1. The van der Waals surface area contributed by atoms with E-state index in [1.54, 1.807) is 0 Å². The second kappa shape index (κ2) is 5.34. The minimum Gasteiger partial charge on any atom is -0.290 e. The van der Waals surface area contributed by atoms with Crippen molar-refractivity contribution in [2.75, 3.05) is 0 Å². The Balaban J connectivity index is 1.74. The molecule has 2 heterocycles. The van der Waals surface area contributed by atoms with Crippen molar-refractivity contribution in [3.63, 3.8) is 0 Å². The molecule has 0 amide bonds. The molecule has 2 aliphatic rings. The number of alkyl halides is 4. The monoisotopic (exact) mass is 357 g/mol. The van der Waals surface area contributed by atoms with Crippen molar-refractivity contribution in [2.45, 2.75) is 37.7 Å². The van der Waals surface area contributed by atoms with Gasteiger partial charge in [-0.15, -0.1) is 5.10 Å². The molecule has 0 radical (unpaired) electrons. The third-order valence-corrected chi connectivity index (χ3v) is 4.46. The quantitative estimate of drug-likeness (QED) is 0.615. The molecule has 0 spiro atoms. The number of ketones is 1. The van der Waals surface area contributed by atoms with Crippen molar-refractivity contribution in [3.05, 3.63) is 46.8 Å². The van der Waals surface area contributed by atoms with Crippen molar-refractivity contribution in [1.29, 1.82) is 0 Å². The summed E-state index contributed by atoms with van der Waals surface area (Å²) in [4.78, 5) is 15.9. The molecule has 2 aromatic rings. The summed E-state index contributed by atoms with van der Waals surface area (Å²) in [5, 5.41) is 3.99. The van der Waals surface area contributed by atoms with Gasteiger partial charge in [-0.05, 0) is 36.6 Å². The van der Waals surface area contributed by atoms with Gasteiger partial charge in [0.1, 0.15) is 5.82 Å². The van der Waals surface area contributed by atoms with Crippen molar-refractivity contribution < 1.29 is 26.7 Å². The Morgan fingerprint density at radius 2 is 1.92 bits per heavy atom. The van der Waals surface area contributed by atoms with E-state index in [2.05, 4.69) is 10.1 Å². The lowest BCUT2D eigenvalue weighted by Gasteiger charge is -2.15. The zero-order chi connectivity index (χ0) is 17.9. The van der Waals surface area contributed by atoms with Crippen LogP contribution in [0.2, 0.25) is 0 Å². The number of fused-ring (bicyclic) bond motifs is 1. The Labute approximate surface area is 138 Å². The summed E-state index contributed by atoms with van der Waals surface area (Å²) in [5.74, 6) is -1.75. The third-order valence-electron chi connectivity index (χ3n) is 4.46. The van der Waals surface area contributed by atoms with Crippen LogP contribution in [0, 0.1) is 11.7 Å². The fourth-order valence-electron chi connectivity index (χ4n) is 3.06. The van der Waals surface area contributed by atoms with Crippen LogP contribution < -0.4 is 0 Å². The van der Waals surface area contributed by atoms with Gasteiger partial charge in [0.2, 0.25) is 11.6 Å². The minimum absolute atomic E-state index is 0.0518. The van der Waals surface area contributed by atoms with E-state index in [0.29, 0.717) is 6.07 Å². The number of carbonyl (C=O) groups excluding carboxylic acids is 1. The molecular weight excluding hydrogens is 345 g/mol. The highest BCUT2D eigenvalue weighted by Gasteiger charge is 2.40. The van der Waals surface area contributed by atoms with Gasteiger partial charge in [0.05, 0.1) is 11.6 Å². The van der Waals surface area contributed by atoms with E-state index < -0.39 is 29.8 Å². The first kappa shape index (κ1) is 16.2. The van der Waals surface area contributed by atoms with Crippen LogP contribution in [0.3, 0.4) is 0 Å². The predicted molar refractivity (Wildman–Crippen MR) is 75.1 cm³/mol. The van der Waals surface area contributed by atoms with Crippen molar-refractivity contribution in [1.82, 2.24) is 14.8 Å². The highest BCUT2D eigenvalue weighted by atomic mass is 19.4. The number of aromatic nitrogens is 3. The summed E-state index contributed by atoms with van der Waals surface area (Å²) in [6.45, 7) is 0. The van der Waals surface area contributed by atoms with Gasteiger partial charge in [-0.25, -0.2) is 18.4 Å². The number of nitrogens with zero attached hydrogens (tertiary/aromatic N) is 3. The molecule has 0 saturated heterocycles. The molecule has 1 aliphatic heterocycles. The van der Waals surface area contributed by atoms with Gasteiger partial charge in [-0.3, -0.25) is 4.79 Å². The summed E-state index contributed by atoms with van der Waals surface area (Å²) in [5.41, 5.74) is -1.20. The second-order valence-electron chi connectivity index (χ2n) is 6.37. The van der Waals surface area contributed by atoms with Crippen molar-refractivity contribution in [3.8, 4) is 0 Å². The zero-order valence-corrected chi connectivity index (χ0v) is 12.7. The smallest absolute Gasteiger partial charge is 0.290 e. The van der Waals surface area contributed by atoms with Gasteiger partial charge in [0.15, 0.2) is 12.0 Å². The molecular formula is C16H12F5N3O. The normalized spacial score (nSPS) is 22.9. The molecule has 4 rings (SSSR count). The number of hydrogen-bond donors (Lipinski definition) is 0. The Morgan fingerprint density at radius 1 is 1.20 bits per heavy atom. The standard InChI is InChI=1S/C16H12F5N3O/c17-10-4-8(3-9(5-10)16(19,20)21)12-6-11(18)15-22-14(23-24(12)15)13(25)7-1-2-7/h3-5,7,11-12H,1-2,6H2/t11-,12-/m0/s1. The first-order valence-corrected chi connectivity index (χ1v) is 7.76. The maximum absolute atomic E-state index is 14.2. The number of Topliss-reactive ketones (excluding diaryl/α,β-unsaturated/α-hetero) is 1. The van der Waals surface area contributed by atoms with Gasteiger partial charge >= 0.3 is 6.18 Å². The second-order valence-corrected chi connectivity index (χ2v) is 6.37. The van der Waals surface area contributed by atoms with Crippen LogP contribution in [0.5, 0.6) is 0 Å². The number of rotatable bonds is 3. The summed E-state index contributed by atoms with van der Waals surface area (Å²) in [6.07, 6.45) is -5.04. The van der Waals surface area contributed by atoms with E-state index in [4.69, 9.17) is 0 Å². The molecule has 0 N–H and O–H groups in total. The molecule has 1 fully saturated rings. The van der Waals surface area contributed by atoms with Gasteiger partial charge < -0.3 is 0 Å². The fourth-order valence-corrected chi connectivity index (χ4v) is 3.06. The Morgan fingerprint density at radius 3 is 2.56 bits per heavy atom. The molecule has 1 aromatic carbocycles. The maximum Gasteiger partial charge on any atom is 0.416 e. The predicted octanol–water partition coefficient (Wildman–Crippen LogP) is 4.03. The average Bonchev–Trinajstić information content (AvgIpc) is 3.21. The molecule has 0 bridgehead atoms. The molecule has 25 heavy (non-hydrogen) atoms. The first-order chi connectivity index (χ1) is 11.7. The van der Waals surface area contributed by atoms with E-state index >= 15 is 0 Å². The summed E-state index contributed by atoms with van der Waals surface area (Å²) >= 11 is 0. The summed E-state index contributed by atoms with van der Waals surface area (Å²) in [7, 11) is 0. The highest BCUT2D eigenvalue weighted by Crippen LogP contribution is 2.42. The Hall–Kier alpha value is -2.32. The first-order valence-electron chi connectivity index (χ1n) is 7.76. The number of carbonyl (C=O) groups is 1. The van der Waals surface area contributed by atoms with Gasteiger partial charge in [0, 0.05) is 12.3 Å². The van der Waals surface area contributed by atoms with Crippen LogP contribution in [0.25, 0.3) is 0 Å². The van der Waals surface area contributed by atoms with Crippen LogP contribution in [0.15, 0.2) is 18.2 Å².